The molecule has 1 amide bonds. The Kier molecular flexibility index (Phi) is 6.50. The minimum Gasteiger partial charge on any atom is -0.507 e. The van der Waals surface area contributed by atoms with Crippen LogP contribution in [0.3, 0.4) is 0 Å². The molecule has 1 fully saturated rings. The maximum absolute atomic E-state index is 13.0. The topological polar surface area (TPSA) is 106 Å². The molecule has 0 aromatic heterocycles. The molecular formula is C23H25NO7. The van der Waals surface area contributed by atoms with Gasteiger partial charge in [-0.05, 0) is 36.8 Å². The minimum absolute atomic E-state index is 0.0884. The van der Waals surface area contributed by atoms with Crippen LogP contribution < -0.4 is 9.47 Å². The Balaban J connectivity index is 2.24. The first-order valence-corrected chi connectivity index (χ1v) is 9.63. The number of likely N-dealkylation sites (tertiary alicyclic amines) is 1. The number of methoxy groups -OCH3 is 3. The zero-order chi connectivity index (χ0) is 22.7. The van der Waals surface area contributed by atoms with Gasteiger partial charge in [0.15, 0.2) is 11.5 Å². The first-order valence-electron chi connectivity index (χ1n) is 9.63. The van der Waals surface area contributed by atoms with Crippen molar-refractivity contribution in [3.05, 3.63) is 58.7 Å². The summed E-state index contributed by atoms with van der Waals surface area (Å²) in [6.07, 6.45) is 0. The average Bonchev–Trinajstić information content (AvgIpc) is 3.01. The van der Waals surface area contributed by atoms with Gasteiger partial charge in [-0.1, -0.05) is 17.7 Å². The van der Waals surface area contributed by atoms with E-state index >= 15 is 0 Å². The fourth-order valence-corrected chi connectivity index (χ4v) is 3.68. The predicted octanol–water partition coefficient (Wildman–Crippen LogP) is 2.79. The molecule has 1 aliphatic rings. The van der Waals surface area contributed by atoms with Crippen LogP contribution in [0.25, 0.3) is 5.76 Å². The first-order chi connectivity index (χ1) is 14.8. The molecule has 2 aromatic carbocycles. The molecular weight excluding hydrogens is 402 g/mol. The van der Waals surface area contributed by atoms with Gasteiger partial charge in [0.05, 0.1) is 38.0 Å². The Morgan fingerprint density at radius 2 is 1.71 bits per heavy atom. The monoisotopic (exact) mass is 427 g/mol. The van der Waals surface area contributed by atoms with Crippen LogP contribution in [0.1, 0.15) is 22.7 Å². The third kappa shape index (κ3) is 4.06. The van der Waals surface area contributed by atoms with Gasteiger partial charge in [0.1, 0.15) is 11.5 Å². The zero-order valence-electron chi connectivity index (χ0n) is 17.8. The normalized spacial score (nSPS) is 17.8. The van der Waals surface area contributed by atoms with E-state index in [4.69, 9.17) is 14.2 Å². The van der Waals surface area contributed by atoms with Crippen LogP contribution >= 0.6 is 0 Å². The molecule has 2 aromatic rings. The minimum atomic E-state index is -0.919. The van der Waals surface area contributed by atoms with Gasteiger partial charge in [0, 0.05) is 13.7 Å². The van der Waals surface area contributed by atoms with Gasteiger partial charge < -0.3 is 29.3 Å². The fraction of sp³-hybridized carbons (Fsp3) is 0.304. The van der Waals surface area contributed by atoms with Crippen molar-refractivity contribution in [1.82, 2.24) is 4.90 Å². The van der Waals surface area contributed by atoms with Gasteiger partial charge in [-0.2, -0.15) is 0 Å². The van der Waals surface area contributed by atoms with E-state index in [1.165, 1.54) is 38.4 Å². The molecule has 0 saturated carbocycles. The van der Waals surface area contributed by atoms with Crippen LogP contribution in [0.4, 0.5) is 0 Å². The third-order valence-electron chi connectivity index (χ3n) is 5.21. The lowest BCUT2D eigenvalue weighted by Gasteiger charge is -2.25. The highest BCUT2D eigenvalue weighted by Gasteiger charge is 2.46. The molecule has 0 aliphatic carbocycles. The molecule has 3 rings (SSSR count). The van der Waals surface area contributed by atoms with Crippen molar-refractivity contribution >= 4 is 17.4 Å². The Morgan fingerprint density at radius 1 is 1.03 bits per heavy atom. The number of phenols is 1. The summed E-state index contributed by atoms with van der Waals surface area (Å²) in [4.78, 5) is 27.1. The largest absolute Gasteiger partial charge is 0.507 e. The standard InChI is InChI=1S/C23H25NO7/c1-13-5-7-17(30-3)15(11-13)21(26)19-20(14-6-8-18(31-4)16(25)12-14)24(9-10-29-2)23(28)22(19)27/h5-8,11-12,20,25-26H,9-10H2,1-4H3/b21-19+. The second-order valence-corrected chi connectivity index (χ2v) is 7.12. The Hall–Kier alpha value is -3.52. The number of amides is 1. The number of aliphatic hydroxyl groups is 1. The summed E-state index contributed by atoms with van der Waals surface area (Å²) in [6.45, 7) is 2.16. The number of hydrogen-bond donors (Lipinski definition) is 2. The molecule has 2 N–H and O–H groups in total. The lowest BCUT2D eigenvalue weighted by atomic mass is 9.94. The summed E-state index contributed by atoms with van der Waals surface area (Å²) >= 11 is 0. The SMILES string of the molecule is COCCN1C(=O)C(=O)/C(=C(/O)c2cc(C)ccc2OC)C1c1ccc(OC)c(O)c1. The fourth-order valence-electron chi connectivity index (χ4n) is 3.68. The van der Waals surface area contributed by atoms with Crippen molar-refractivity contribution in [3.8, 4) is 17.2 Å². The lowest BCUT2D eigenvalue weighted by molar-refractivity contribution is -0.140. The number of nitrogens with zero attached hydrogens (tertiary/aromatic N) is 1. The van der Waals surface area contributed by atoms with E-state index in [0.717, 1.165) is 5.56 Å². The Morgan fingerprint density at radius 3 is 2.32 bits per heavy atom. The number of rotatable bonds is 7. The van der Waals surface area contributed by atoms with Gasteiger partial charge in [0.25, 0.3) is 11.7 Å². The highest BCUT2D eigenvalue weighted by atomic mass is 16.5. The smallest absolute Gasteiger partial charge is 0.295 e. The van der Waals surface area contributed by atoms with E-state index in [-0.39, 0.29) is 36.0 Å². The Bertz CT molecular complexity index is 1040. The number of aryl methyl sites for hydroxylation is 1. The number of hydrogen-bond acceptors (Lipinski definition) is 7. The molecule has 1 heterocycles. The van der Waals surface area contributed by atoms with Crippen LogP contribution in [0, 0.1) is 6.92 Å². The average molecular weight is 427 g/mol. The molecule has 1 saturated heterocycles. The number of ketones is 1. The number of carbonyl (C=O) groups excluding carboxylic acids is 2. The van der Waals surface area contributed by atoms with Gasteiger partial charge in [-0.25, -0.2) is 0 Å². The lowest BCUT2D eigenvalue weighted by Crippen LogP contribution is -2.32. The van der Waals surface area contributed by atoms with E-state index in [1.54, 1.807) is 18.2 Å². The highest BCUT2D eigenvalue weighted by Crippen LogP contribution is 2.42. The van der Waals surface area contributed by atoms with Crippen LogP contribution in [0.15, 0.2) is 42.0 Å². The van der Waals surface area contributed by atoms with Crippen molar-refractivity contribution in [1.29, 1.82) is 0 Å². The van der Waals surface area contributed by atoms with Crippen molar-refractivity contribution in [3.63, 3.8) is 0 Å². The van der Waals surface area contributed by atoms with E-state index in [0.29, 0.717) is 16.9 Å². The molecule has 164 valence electrons. The van der Waals surface area contributed by atoms with E-state index < -0.39 is 17.7 Å². The zero-order valence-corrected chi connectivity index (χ0v) is 17.8. The molecule has 0 bridgehead atoms. The number of ether oxygens (including phenoxy) is 3. The van der Waals surface area contributed by atoms with Crippen LogP contribution in [-0.2, 0) is 14.3 Å². The Labute approximate surface area is 180 Å². The van der Waals surface area contributed by atoms with Gasteiger partial charge in [-0.3, -0.25) is 9.59 Å². The summed E-state index contributed by atoms with van der Waals surface area (Å²) in [5.41, 5.74) is 1.50. The number of aromatic hydroxyl groups is 1. The molecule has 31 heavy (non-hydrogen) atoms. The number of aliphatic hydroxyl groups excluding tert-OH is 1. The van der Waals surface area contributed by atoms with Crippen LogP contribution in [0.5, 0.6) is 17.2 Å². The van der Waals surface area contributed by atoms with Crippen molar-refractivity contribution in [2.24, 2.45) is 0 Å². The van der Waals surface area contributed by atoms with E-state index in [2.05, 4.69) is 0 Å². The van der Waals surface area contributed by atoms with Gasteiger partial charge in [0.2, 0.25) is 0 Å². The second-order valence-electron chi connectivity index (χ2n) is 7.12. The summed E-state index contributed by atoms with van der Waals surface area (Å²) < 4.78 is 15.5. The van der Waals surface area contributed by atoms with Crippen LogP contribution in [0.2, 0.25) is 0 Å². The summed E-state index contributed by atoms with van der Waals surface area (Å²) in [5.74, 6) is -1.46. The maximum atomic E-state index is 13.0. The maximum Gasteiger partial charge on any atom is 0.295 e. The van der Waals surface area contributed by atoms with Crippen LogP contribution in [-0.4, -0.2) is 61.3 Å². The molecule has 8 heteroatoms. The highest BCUT2D eigenvalue weighted by molar-refractivity contribution is 6.46. The molecule has 0 radical (unpaired) electrons. The quantitative estimate of drug-likeness (QED) is 0.398. The molecule has 0 spiro atoms. The van der Waals surface area contributed by atoms with E-state index in [9.17, 15) is 19.8 Å². The van der Waals surface area contributed by atoms with Crippen molar-refractivity contribution in [2.75, 3.05) is 34.5 Å². The second kappa shape index (κ2) is 9.09. The third-order valence-corrected chi connectivity index (χ3v) is 5.21. The summed E-state index contributed by atoms with van der Waals surface area (Å²) in [6, 6.07) is 8.84. The van der Waals surface area contributed by atoms with Gasteiger partial charge in [-0.15, -0.1) is 0 Å². The number of benzene rings is 2. The number of carbonyl (C=O) groups is 2. The molecule has 1 aliphatic heterocycles. The predicted molar refractivity (Wildman–Crippen MR) is 113 cm³/mol. The first kappa shape index (κ1) is 22.2. The van der Waals surface area contributed by atoms with Crippen molar-refractivity contribution < 1.29 is 34.0 Å². The summed E-state index contributed by atoms with van der Waals surface area (Å²) in [7, 11) is 4.36. The van der Waals surface area contributed by atoms with Crippen molar-refractivity contribution in [2.45, 2.75) is 13.0 Å². The molecule has 1 atom stereocenters. The number of Topliss-reactive ketones (excluding diaryl/α,β-unsaturated/α-hetero) is 1. The van der Waals surface area contributed by atoms with Gasteiger partial charge >= 0.3 is 0 Å². The summed E-state index contributed by atoms with van der Waals surface area (Å²) in [5, 5.41) is 21.4. The molecule has 1 unspecified atom stereocenters. The number of phenolic OH excluding ortho intramolecular Hbond substituents is 1. The van der Waals surface area contributed by atoms with E-state index in [1.807, 2.05) is 13.0 Å². The molecule has 8 nitrogen and oxygen atoms in total.